The van der Waals surface area contributed by atoms with E-state index in [0.29, 0.717) is 17.5 Å². The number of fused-ring (bicyclic) bond motifs is 9. The smallest absolute Gasteiger partial charge is 0.164 e. The molecule has 0 saturated carbocycles. The molecule has 0 radical (unpaired) electrons. The summed E-state index contributed by atoms with van der Waals surface area (Å²) in [5.41, 5.74) is 6.76. The lowest BCUT2D eigenvalue weighted by molar-refractivity contribution is 0.673. The van der Waals surface area contributed by atoms with E-state index in [1.165, 1.54) is 32.5 Å². The molecule has 53 heavy (non-hydrogen) atoms. The summed E-state index contributed by atoms with van der Waals surface area (Å²) in [6.07, 6.45) is 0. The van der Waals surface area contributed by atoms with Gasteiger partial charge in [-0.2, -0.15) is 0 Å². The van der Waals surface area contributed by atoms with Gasteiger partial charge in [-0.25, -0.2) is 15.0 Å². The van der Waals surface area contributed by atoms with Crippen LogP contribution in [0.25, 0.3) is 110 Å². The van der Waals surface area contributed by atoms with Crippen molar-refractivity contribution in [2.45, 2.75) is 0 Å². The second kappa shape index (κ2) is 11.7. The zero-order valence-corrected chi connectivity index (χ0v) is 28.5. The van der Waals surface area contributed by atoms with Crippen LogP contribution in [0.5, 0.6) is 0 Å². The lowest BCUT2D eigenvalue weighted by Crippen LogP contribution is -2.00. The Morgan fingerprint density at radius 1 is 0.321 bits per heavy atom. The molecule has 2 aromatic heterocycles. The third-order valence-corrected chi connectivity index (χ3v) is 10.5. The van der Waals surface area contributed by atoms with E-state index < -0.39 is 0 Å². The first-order chi connectivity index (χ1) is 26.2. The quantitative estimate of drug-likeness (QED) is 0.174. The molecule has 0 atom stereocenters. The highest BCUT2D eigenvalue weighted by Crippen LogP contribution is 2.41. The molecule has 0 amide bonds. The minimum Gasteiger partial charge on any atom is -0.455 e. The lowest BCUT2D eigenvalue weighted by Gasteiger charge is -2.11. The molecule has 246 valence electrons. The molecule has 2 heterocycles. The Hall–Kier alpha value is -7.17. The number of hydrogen-bond donors (Lipinski definition) is 0. The fourth-order valence-electron chi connectivity index (χ4n) is 7.92. The van der Waals surface area contributed by atoms with Crippen LogP contribution in [0.1, 0.15) is 0 Å². The van der Waals surface area contributed by atoms with Crippen LogP contribution in [0.3, 0.4) is 0 Å². The van der Waals surface area contributed by atoms with Crippen molar-refractivity contribution in [1.29, 1.82) is 0 Å². The van der Waals surface area contributed by atoms with Gasteiger partial charge in [-0.1, -0.05) is 158 Å². The van der Waals surface area contributed by atoms with Crippen LogP contribution in [-0.2, 0) is 0 Å². The fraction of sp³-hybridized carbons (Fsp3) is 0. The first kappa shape index (κ1) is 29.5. The minimum absolute atomic E-state index is 0.600. The number of hydrogen-bond acceptors (Lipinski definition) is 4. The van der Waals surface area contributed by atoms with Gasteiger partial charge in [-0.15, -0.1) is 0 Å². The van der Waals surface area contributed by atoms with Crippen molar-refractivity contribution >= 4 is 65.0 Å². The van der Waals surface area contributed by atoms with Crippen molar-refractivity contribution in [3.05, 3.63) is 176 Å². The van der Waals surface area contributed by atoms with Crippen molar-refractivity contribution in [2.75, 3.05) is 0 Å². The predicted molar refractivity (Wildman–Crippen MR) is 219 cm³/mol. The molecule has 11 rings (SSSR count). The SMILES string of the molecule is c1ccc2cc(-c3nc(-c4ccc(-c5cccc6ccccc56)cc4)nc(-c4cccc5oc6c(ccc7ccc8ccccc8c76)c45)n3)ccc2c1. The summed E-state index contributed by atoms with van der Waals surface area (Å²) in [6, 6.07) is 61.6. The normalized spacial score (nSPS) is 11.8. The van der Waals surface area contributed by atoms with Crippen LogP contribution in [-0.4, -0.2) is 15.0 Å². The average molecular weight is 676 g/mol. The van der Waals surface area contributed by atoms with Crippen molar-refractivity contribution < 1.29 is 4.42 Å². The first-order valence-electron chi connectivity index (χ1n) is 17.9. The summed E-state index contributed by atoms with van der Waals surface area (Å²) >= 11 is 0. The highest BCUT2D eigenvalue weighted by molar-refractivity contribution is 6.24. The molecule has 4 nitrogen and oxygen atoms in total. The summed E-state index contributed by atoms with van der Waals surface area (Å²) in [6.45, 7) is 0. The van der Waals surface area contributed by atoms with Gasteiger partial charge < -0.3 is 4.42 Å². The van der Waals surface area contributed by atoms with Gasteiger partial charge in [0.15, 0.2) is 17.5 Å². The molecule has 0 saturated heterocycles. The van der Waals surface area contributed by atoms with Gasteiger partial charge in [0.05, 0.1) is 0 Å². The van der Waals surface area contributed by atoms with Crippen molar-refractivity contribution in [2.24, 2.45) is 0 Å². The monoisotopic (exact) mass is 675 g/mol. The summed E-state index contributed by atoms with van der Waals surface area (Å²) < 4.78 is 6.73. The van der Waals surface area contributed by atoms with Crippen LogP contribution in [0.4, 0.5) is 0 Å². The molecule has 0 bridgehead atoms. The highest BCUT2D eigenvalue weighted by Gasteiger charge is 2.20. The molecule has 0 aliphatic rings. The maximum absolute atomic E-state index is 6.73. The molecule has 0 fully saturated rings. The van der Waals surface area contributed by atoms with Crippen LogP contribution >= 0.6 is 0 Å². The number of benzene rings is 9. The molecular weight excluding hydrogens is 647 g/mol. The van der Waals surface area contributed by atoms with Crippen LogP contribution < -0.4 is 0 Å². The van der Waals surface area contributed by atoms with Crippen LogP contribution in [0.2, 0.25) is 0 Å². The molecule has 0 spiro atoms. The van der Waals surface area contributed by atoms with Gasteiger partial charge in [0, 0.05) is 32.8 Å². The maximum atomic E-state index is 6.73. The van der Waals surface area contributed by atoms with Gasteiger partial charge in [0.2, 0.25) is 0 Å². The summed E-state index contributed by atoms with van der Waals surface area (Å²) in [4.78, 5) is 15.5. The van der Waals surface area contributed by atoms with Gasteiger partial charge in [0.1, 0.15) is 11.2 Å². The minimum atomic E-state index is 0.600. The molecule has 0 unspecified atom stereocenters. The Morgan fingerprint density at radius 3 is 1.74 bits per heavy atom. The van der Waals surface area contributed by atoms with Crippen LogP contribution in [0, 0.1) is 0 Å². The molecule has 11 aromatic rings. The maximum Gasteiger partial charge on any atom is 0.164 e. The van der Waals surface area contributed by atoms with Crippen LogP contribution in [0.15, 0.2) is 180 Å². The highest BCUT2D eigenvalue weighted by atomic mass is 16.3. The van der Waals surface area contributed by atoms with E-state index in [2.05, 4.69) is 164 Å². The summed E-state index contributed by atoms with van der Waals surface area (Å²) in [5, 5.41) is 11.4. The Kier molecular flexibility index (Phi) is 6.52. The number of aromatic nitrogens is 3. The van der Waals surface area contributed by atoms with Gasteiger partial charge in [-0.05, 0) is 67.0 Å². The van der Waals surface area contributed by atoms with E-state index in [0.717, 1.165) is 60.4 Å². The topological polar surface area (TPSA) is 51.8 Å². The Balaban J connectivity index is 1.12. The number of rotatable bonds is 4. The Labute approximate surface area is 304 Å². The number of nitrogens with zero attached hydrogens (tertiary/aromatic N) is 3. The Morgan fingerprint density at radius 2 is 0.887 bits per heavy atom. The molecule has 0 aliphatic heterocycles. The van der Waals surface area contributed by atoms with E-state index in [9.17, 15) is 0 Å². The zero-order valence-electron chi connectivity index (χ0n) is 28.5. The molecule has 4 heteroatoms. The summed E-state index contributed by atoms with van der Waals surface area (Å²) in [7, 11) is 0. The average Bonchev–Trinajstić information content (AvgIpc) is 3.62. The van der Waals surface area contributed by atoms with Gasteiger partial charge in [-0.3, -0.25) is 0 Å². The fourth-order valence-corrected chi connectivity index (χ4v) is 7.92. The molecule has 9 aromatic carbocycles. The first-order valence-corrected chi connectivity index (χ1v) is 17.9. The summed E-state index contributed by atoms with van der Waals surface area (Å²) in [5.74, 6) is 1.83. The van der Waals surface area contributed by atoms with E-state index in [-0.39, 0.29) is 0 Å². The largest absolute Gasteiger partial charge is 0.455 e. The Bertz CT molecular complexity index is 3230. The van der Waals surface area contributed by atoms with E-state index in [4.69, 9.17) is 19.4 Å². The lowest BCUT2D eigenvalue weighted by atomic mass is 9.97. The standard InChI is InChI=1S/C49H29N3O/c1-2-12-36-29-37(26-19-30(36)9-1)48-50-47(35-24-21-33(22-25-35)39-16-7-13-31-10-3-5-14-38(31)39)51-49(52-48)42-17-8-18-43-45(42)41-28-27-34-23-20-32-11-4-6-15-40(32)44(34)46(41)53-43/h1-29H. The van der Waals surface area contributed by atoms with E-state index in [1.807, 2.05) is 12.1 Å². The third-order valence-electron chi connectivity index (χ3n) is 10.5. The molecule has 0 aliphatic carbocycles. The second-order valence-electron chi connectivity index (χ2n) is 13.6. The third kappa shape index (κ3) is 4.80. The second-order valence-corrected chi connectivity index (χ2v) is 13.6. The zero-order chi connectivity index (χ0) is 34.9. The van der Waals surface area contributed by atoms with Gasteiger partial charge in [0.25, 0.3) is 0 Å². The van der Waals surface area contributed by atoms with Crippen molar-refractivity contribution in [3.8, 4) is 45.3 Å². The van der Waals surface area contributed by atoms with E-state index >= 15 is 0 Å². The molecule has 0 N–H and O–H groups in total. The number of furan rings is 1. The molecular formula is C49H29N3O. The van der Waals surface area contributed by atoms with E-state index in [1.54, 1.807) is 0 Å². The predicted octanol–water partition coefficient (Wildman–Crippen LogP) is 13.1. The van der Waals surface area contributed by atoms with Crippen molar-refractivity contribution in [1.82, 2.24) is 15.0 Å². The van der Waals surface area contributed by atoms with Crippen molar-refractivity contribution in [3.63, 3.8) is 0 Å². The van der Waals surface area contributed by atoms with Gasteiger partial charge >= 0.3 is 0 Å².